The molecule has 7 nitrogen and oxygen atoms in total. The zero-order chi connectivity index (χ0) is 47.3. The molecule has 0 aliphatic carbocycles. The Kier molecular flexibility index (Phi) is 15.0. The Morgan fingerprint density at radius 1 is 0.329 bits per heavy atom. The van der Waals surface area contributed by atoms with Crippen LogP contribution in [0.25, 0.3) is 39.3 Å². The third-order valence-electron chi connectivity index (χ3n) is 12.8. The lowest BCUT2D eigenvalue weighted by atomic mass is 9.97. The number of nitrogens with zero attached hydrogens (tertiary/aromatic N) is 1. The van der Waals surface area contributed by atoms with Crippen molar-refractivity contribution in [2.24, 2.45) is 0 Å². The molecule has 0 amide bonds. The van der Waals surface area contributed by atoms with E-state index in [1.165, 1.54) is 0 Å². The lowest BCUT2D eigenvalue weighted by Gasteiger charge is -2.30. The van der Waals surface area contributed by atoms with E-state index in [9.17, 15) is 5.11 Å². The quantitative estimate of drug-likeness (QED) is 0.153. The summed E-state index contributed by atoms with van der Waals surface area (Å²) in [7, 11) is 0. The van der Waals surface area contributed by atoms with Crippen LogP contribution in [0, 0.1) is 0 Å². The van der Waals surface area contributed by atoms with Crippen molar-refractivity contribution in [1.82, 2.24) is 0 Å². The molecule has 4 atom stereocenters. The first-order chi connectivity index (χ1) is 34.7. The van der Waals surface area contributed by atoms with E-state index in [0.717, 1.165) is 61.6 Å². The number of rotatable bonds is 8. The first kappa shape index (κ1) is 46.2. The van der Waals surface area contributed by atoms with Gasteiger partial charge < -0.3 is 28.8 Å². The summed E-state index contributed by atoms with van der Waals surface area (Å²) in [4.78, 5) is 0. The summed E-state index contributed by atoms with van der Waals surface area (Å²) in [6.07, 6.45) is -2.11. The maximum atomic E-state index is 12.7. The van der Waals surface area contributed by atoms with Crippen molar-refractivity contribution in [1.29, 1.82) is 0 Å². The van der Waals surface area contributed by atoms with Crippen LogP contribution in [0.4, 0.5) is 0 Å². The highest BCUT2D eigenvalue weighted by molar-refractivity contribution is 5.74. The SMILES string of the molecule is Oc1c2cc(-[n+]3c(-c4ccccc4)cc(-c4ccccc4)cc3-c3ccccc3)cc1COC(c1ccccc1)C(c1ccccc1)OCCOCCOC(c1ccccc1)C(c1ccccc1)OC2. The minimum absolute atomic E-state index is 0.0529. The molecular formula is C63H56NO6+. The number of aromatic nitrogens is 1. The van der Waals surface area contributed by atoms with Gasteiger partial charge in [0.25, 0.3) is 0 Å². The highest BCUT2D eigenvalue weighted by atomic mass is 16.6. The maximum Gasteiger partial charge on any atom is 0.219 e. The Labute approximate surface area is 410 Å². The Morgan fingerprint density at radius 2 is 0.643 bits per heavy atom. The minimum Gasteiger partial charge on any atom is -0.507 e. The van der Waals surface area contributed by atoms with E-state index in [2.05, 4.69) is 150 Å². The minimum atomic E-state index is -0.555. The number of ether oxygens (including phenoxy) is 5. The molecule has 10 rings (SSSR count). The Balaban J connectivity index is 1.18. The van der Waals surface area contributed by atoms with Gasteiger partial charge in [0.2, 0.25) is 17.1 Å². The molecule has 0 saturated carbocycles. The van der Waals surface area contributed by atoms with Gasteiger partial charge in [0.05, 0.1) is 39.6 Å². The van der Waals surface area contributed by atoms with Gasteiger partial charge >= 0.3 is 0 Å². The van der Waals surface area contributed by atoms with E-state index in [-0.39, 0.29) is 19.0 Å². The molecule has 1 N–H and O–H groups in total. The highest BCUT2D eigenvalue weighted by Gasteiger charge is 2.32. The van der Waals surface area contributed by atoms with E-state index >= 15 is 0 Å². The summed E-state index contributed by atoms with van der Waals surface area (Å²) in [5, 5.41) is 12.7. The van der Waals surface area contributed by atoms with Gasteiger partial charge in [-0.05, 0) is 57.6 Å². The van der Waals surface area contributed by atoms with Crippen molar-refractivity contribution in [3.05, 3.63) is 270 Å². The number of phenolic OH excluding ortho intramolecular Hbond substituents is 1. The molecule has 4 unspecified atom stereocenters. The smallest absolute Gasteiger partial charge is 0.219 e. The van der Waals surface area contributed by atoms with Crippen molar-refractivity contribution >= 4 is 0 Å². The second-order valence-corrected chi connectivity index (χ2v) is 17.4. The van der Waals surface area contributed by atoms with Crippen LogP contribution in [0.15, 0.2) is 237 Å². The third-order valence-corrected chi connectivity index (χ3v) is 12.8. The normalized spacial score (nSPS) is 18.3. The molecule has 348 valence electrons. The van der Waals surface area contributed by atoms with Crippen LogP contribution in [0.1, 0.15) is 57.8 Å². The Bertz CT molecular complexity index is 2850. The Hall–Kier alpha value is -7.49. The van der Waals surface area contributed by atoms with E-state index in [0.29, 0.717) is 37.6 Å². The molecule has 8 aromatic carbocycles. The summed E-state index contributed by atoms with van der Waals surface area (Å²) < 4.78 is 36.3. The van der Waals surface area contributed by atoms with Gasteiger partial charge in [0, 0.05) is 46.5 Å². The summed E-state index contributed by atoms with van der Waals surface area (Å²) in [5.41, 5.74) is 12.0. The molecule has 7 heteroatoms. The molecule has 2 heterocycles. The second kappa shape index (κ2) is 22.7. The van der Waals surface area contributed by atoms with Gasteiger partial charge in [-0.2, -0.15) is 4.57 Å². The van der Waals surface area contributed by atoms with E-state index < -0.39 is 24.4 Å². The molecule has 0 fully saturated rings. The fraction of sp³-hybridized carbons (Fsp3) is 0.159. The third kappa shape index (κ3) is 10.9. The molecule has 1 aromatic heterocycles. The predicted molar refractivity (Wildman–Crippen MR) is 275 cm³/mol. The fourth-order valence-electron chi connectivity index (χ4n) is 9.34. The standard InChI is InChI=1S/C63H55NO6/c65-59-54-40-56(64-57(47-24-10-2-11-25-47)42-53(46-22-8-1-9-23-46)43-58(64)48-26-12-3-13-27-48)41-55(59)45-70-63(52-34-20-7-21-35-52)61(50-30-16-5-17-31-50)68-39-37-66-36-38-67-60(49-28-14-4-15-29-49)62(69-44-54)51-32-18-6-19-33-51/h1-35,40-43,60-63H,36-39,44-45H2/p+1. The van der Waals surface area contributed by atoms with Gasteiger partial charge in [0.1, 0.15) is 30.2 Å². The number of aromatic hydroxyl groups is 1. The van der Waals surface area contributed by atoms with Crippen LogP contribution < -0.4 is 4.57 Å². The average molecular weight is 923 g/mol. The van der Waals surface area contributed by atoms with Crippen molar-refractivity contribution in [2.45, 2.75) is 37.6 Å². The van der Waals surface area contributed by atoms with E-state index in [1.807, 2.05) is 91.0 Å². The maximum absolute atomic E-state index is 12.7. The molecule has 0 radical (unpaired) electrons. The van der Waals surface area contributed by atoms with Gasteiger partial charge in [-0.25, -0.2) is 0 Å². The van der Waals surface area contributed by atoms with Crippen molar-refractivity contribution < 1.29 is 33.4 Å². The average Bonchev–Trinajstić information content (AvgIpc) is 3.43. The predicted octanol–water partition coefficient (Wildman–Crippen LogP) is 13.7. The largest absolute Gasteiger partial charge is 0.507 e. The number of fused-ring (bicyclic) bond motifs is 2. The summed E-state index contributed by atoms with van der Waals surface area (Å²) in [5.74, 6) is 0.0928. The van der Waals surface area contributed by atoms with Gasteiger partial charge in [0.15, 0.2) is 0 Å². The molecule has 1 aliphatic heterocycles. The summed E-state index contributed by atoms with van der Waals surface area (Å²) in [6.45, 7) is 1.43. The van der Waals surface area contributed by atoms with Crippen LogP contribution in [0.5, 0.6) is 5.75 Å². The lowest BCUT2D eigenvalue weighted by molar-refractivity contribution is -0.572. The zero-order valence-electron chi connectivity index (χ0n) is 39.0. The monoisotopic (exact) mass is 922 g/mol. The molecule has 1 aliphatic rings. The topological polar surface area (TPSA) is 70.3 Å². The zero-order valence-corrected chi connectivity index (χ0v) is 39.0. The van der Waals surface area contributed by atoms with Gasteiger partial charge in [-0.3, -0.25) is 0 Å². The molecule has 9 aromatic rings. The second-order valence-electron chi connectivity index (χ2n) is 17.4. The van der Waals surface area contributed by atoms with Crippen molar-refractivity contribution in [3.8, 4) is 45.1 Å². The molecule has 0 saturated heterocycles. The van der Waals surface area contributed by atoms with Gasteiger partial charge in [-0.1, -0.05) is 188 Å². The lowest BCUT2D eigenvalue weighted by Crippen LogP contribution is -2.37. The van der Waals surface area contributed by atoms with Crippen LogP contribution in [0.2, 0.25) is 0 Å². The van der Waals surface area contributed by atoms with Crippen LogP contribution >= 0.6 is 0 Å². The number of hydrogen-bond acceptors (Lipinski definition) is 6. The summed E-state index contributed by atoms with van der Waals surface area (Å²) in [6, 6.07) is 80.7. The van der Waals surface area contributed by atoms with Gasteiger partial charge in [-0.15, -0.1) is 0 Å². The first-order valence-electron chi connectivity index (χ1n) is 24.0. The van der Waals surface area contributed by atoms with Crippen molar-refractivity contribution in [2.75, 3.05) is 26.4 Å². The summed E-state index contributed by atoms with van der Waals surface area (Å²) >= 11 is 0. The molecule has 0 spiro atoms. The van der Waals surface area contributed by atoms with E-state index in [4.69, 9.17) is 23.7 Å². The van der Waals surface area contributed by atoms with Crippen molar-refractivity contribution in [3.63, 3.8) is 0 Å². The number of phenols is 1. The first-order valence-corrected chi connectivity index (χ1v) is 24.0. The van der Waals surface area contributed by atoms with Crippen LogP contribution in [-0.2, 0) is 36.9 Å². The molecular weight excluding hydrogens is 867 g/mol. The number of hydrogen-bond donors (Lipinski definition) is 1. The van der Waals surface area contributed by atoms with Crippen LogP contribution in [-0.4, -0.2) is 31.5 Å². The number of pyridine rings is 1. The number of benzene rings is 8. The fourth-order valence-corrected chi connectivity index (χ4v) is 9.34. The van der Waals surface area contributed by atoms with E-state index in [1.54, 1.807) is 0 Å². The Morgan fingerprint density at radius 3 is 1.00 bits per heavy atom. The molecule has 2 bridgehead atoms. The highest BCUT2D eigenvalue weighted by Crippen LogP contribution is 2.41. The van der Waals surface area contributed by atoms with Crippen LogP contribution in [0.3, 0.4) is 0 Å². The molecule has 70 heavy (non-hydrogen) atoms.